The Bertz CT molecular complexity index is 815. The number of carbonyl (C=O) groups excluding carboxylic acids is 2. The van der Waals surface area contributed by atoms with Crippen molar-refractivity contribution < 1.29 is 9.59 Å². The van der Waals surface area contributed by atoms with Gasteiger partial charge >= 0.3 is 11.8 Å². The normalized spacial score (nSPS) is 10.8. The van der Waals surface area contributed by atoms with Crippen LogP contribution in [-0.2, 0) is 21.5 Å². The molecule has 0 fully saturated rings. The molecule has 2 N–H and O–H groups in total. The minimum absolute atomic E-state index is 0.0598. The number of hydrogen-bond acceptors (Lipinski definition) is 4. The van der Waals surface area contributed by atoms with Crippen molar-refractivity contribution in [3.63, 3.8) is 0 Å². The summed E-state index contributed by atoms with van der Waals surface area (Å²) in [6.45, 7) is 6.87. The van der Waals surface area contributed by atoms with Crippen LogP contribution in [0, 0.1) is 11.3 Å². The average Bonchev–Trinajstić information content (AvgIpc) is 3.07. The lowest BCUT2D eigenvalue weighted by molar-refractivity contribution is -0.133. The van der Waals surface area contributed by atoms with Crippen LogP contribution in [0.1, 0.15) is 39.2 Å². The average molecular weight is 353 g/mol. The molecule has 1 aromatic carbocycles. The van der Waals surface area contributed by atoms with Crippen LogP contribution >= 0.6 is 0 Å². The Morgan fingerprint density at radius 2 is 1.81 bits per heavy atom. The number of amides is 2. The molecule has 0 aliphatic carbocycles. The van der Waals surface area contributed by atoms with Crippen LogP contribution in [0.4, 0.5) is 11.5 Å². The van der Waals surface area contributed by atoms with E-state index in [0.29, 0.717) is 18.7 Å². The number of anilines is 2. The number of rotatable bonds is 6. The van der Waals surface area contributed by atoms with E-state index in [2.05, 4.69) is 36.5 Å². The third-order valence-electron chi connectivity index (χ3n) is 4.35. The maximum absolute atomic E-state index is 12.0. The van der Waals surface area contributed by atoms with E-state index in [4.69, 9.17) is 5.26 Å². The van der Waals surface area contributed by atoms with Gasteiger partial charge in [-0.05, 0) is 29.5 Å². The molecule has 136 valence electrons. The highest BCUT2D eigenvalue weighted by Crippen LogP contribution is 2.27. The molecule has 0 unspecified atom stereocenters. The van der Waals surface area contributed by atoms with Gasteiger partial charge in [-0.25, -0.2) is 0 Å². The number of aromatic nitrogens is 2. The van der Waals surface area contributed by atoms with Crippen LogP contribution in [-0.4, -0.2) is 21.6 Å². The number of nitriles is 1. The van der Waals surface area contributed by atoms with Gasteiger partial charge in [-0.15, -0.1) is 0 Å². The third kappa shape index (κ3) is 4.93. The lowest BCUT2D eigenvalue weighted by atomic mass is 9.82. The van der Waals surface area contributed by atoms with Crippen LogP contribution in [0.2, 0.25) is 0 Å². The van der Waals surface area contributed by atoms with Crippen molar-refractivity contribution >= 4 is 23.3 Å². The molecule has 1 aromatic heterocycles. The zero-order valence-corrected chi connectivity index (χ0v) is 15.2. The van der Waals surface area contributed by atoms with E-state index in [1.165, 1.54) is 10.2 Å². The van der Waals surface area contributed by atoms with E-state index >= 15 is 0 Å². The molecule has 7 heteroatoms. The smallest absolute Gasteiger partial charge is 0.315 e. The Labute approximate surface area is 153 Å². The van der Waals surface area contributed by atoms with Crippen molar-refractivity contribution in [3.05, 3.63) is 42.1 Å². The summed E-state index contributed by atoms with van der Waals surface area (Å²) in [6, 6.07) is 11.1. The first kappa shape index (κ1) is 19.2. The van der Waals surface area contributed by atoms with E-state index in [1.807, 2.05) is 18.2 Å². The van der Waals surface area contributed by atoms with Gasteiger partial charge < -0.3 is 10.6 Å². The number of nitrogens with one attached hydrogen (secondary N) is 2. The maximum atomic E-state index is 12.0. The van der Waals surface area contributed by atoms with Gasteiger partial charge in [0.1, 0.15) is 0 Å². The van der Waals surface area contributed by atoms with Crippen molar-refractivity contribution in [2.75, 3.05) is 10.6 Å². The van der Waals surface area contributed by atoms with Crippen molar-refractivity contribution in [1.29, 1.82) is 5.26 Å². The molecule has 1 heterocycles. The molecule has 0 aliphatic heterocycles. The first-order valence-corrected chi connectivity index (χ1v) is 8.49. The predicted molar refractivity (Wildman–Crippen MR) is 99.5 cm³/mol. The van der Waals surface area contributed by atoms with Gasteiger partial charge in [0.2, 0.25) is 0 Å². The summed E-state index contributed by atoms with van der Waals surface area (Å²) < 4.78 is 1.53. The summed E-state index contributed by atoms with van der Waals surface area (Å²) in [6.07, 6.45) is 2.96. The summed E-state index contributed by atoms with van der Waals surface area (Å²) in [5.41, 5.74) is 1.79. The molecule has 2 aromatic rings. The molecule has 0 radical (unpaired) electrons. The summed E-state index contributed by atoms with van der Waals surface area (Å²) in [7, 11) is 0. The van der Waals surface area contributed by atoms with Gasteiger partial charge in [0, 0.05) is 18.0 Å². The first-order valence-electron chi connectivity index (χ1n) is 8.49. The van der Waals surface area contributed by atoms with Gasteiger partial charge in [0.15, 0.2) is 5.82 Å². The molecule has 0 saturated carbocycles. The summed E-state index contributed by atoms with van der Waals surface area (Å²) in [4.78, 5) is 24.0. The lowest BCUT2D eigenvalue weighted by Gasteiger charge is -2.23. The van der Waals surface area contributed by atoms with E-state index < -0.39 is 11.8 Å². The van der Waals surface area contributed by atoms with Gasteiger partial charge in [-0.2, -0.15) is 10.4 Å². The lowest BCUT2D eigenvalue weighted by Crippen LogP contribution is -2.29. The fourth-order valence-electron chi connectivity index (χ4n) is 2.29. The summed E-state index contributed by atoms with van der Waals surface area (Å²) in [5.74, 6) is -1.30. The second-order valence-electron chi connectivity index (χ2n) is 6.60. The molecule has 0 aliphatic rings. The first-order chi connectivity index (χ1) is 12.4. The van der Waals surface area contributed by atoms with E-state index in [0.717, 1.165) is 6.42 Å². The Kier molecular flexibility index (Phi) is 6.12. The van der Waals surface area contributed by atoms with Crippen LogP contribution in [0.15, 0.2) is 36.5 Å². The maximum Gasteiger partial charge on any atom is 0.315 e. The molecule has 26 heavy (non-hydrogen) atoms. The minimum atomic E-state index is -0.798. The van der Waals surface area contributed by atoms with Crippen molar-refractivity contribution in [2.24, 2.45) is 0 Å². The van der Waals surface area contributed by atoms with Crippen molar-refractivity contribution in [1.82, 2.24) is 9.78 Å². The quantitative estimate of drug-likeness (QED) is 0.780. The van der Waals surface area contributed by atoms with E-state index in [9.17, 15) is 9.59 Å². The molecular formula is C19H23N5O2. The number of nitrogens with zero attached hydrogens (tertiary/aromatic N) is 3. The molecule has 2 rings (SSSR count). The van der Waals surface area contributed by atoms with Gasteiger partial charge in [0.05, 0.1) is 19.0 Å². The topological polar surface area (TPSA) is 99.8 Å². The largest absolute Gasteiger partial charge is 0.318 e. The number of hydrogen-bond donors (Lipinski definition) is 2. The molecule has 0 spiro atoms. The van der Waals surface area contributed by atoms with Crippen LogP contribution in [0.25, 0.3) is 0 Å². The van der Waals surface area contributed by atoms with Crippen molar-refractivity contribution in [2.45, 2.75) is 45.6 Å². The van der Waals surface area contributed by atoms with Gasteiger partial charge in [-0.1, -0.05) is 32.9 Å². The molecule has 0 atom stereocenters. The molecule has 7 nitrogen and oxygen atoms in total. The van der Waals surface area contributed by atoms with E-state index in [1.54, 1.807) is 24.4 Å². The number of aryl methyl sites for hydroxylation is 1. The van der Waals surface area contributed by atoms with Crippen LogP contribution in [0.5, 0.6) is 0 Å². The summed E-state index contributed by atoms with van der Waals surface area (Å²) >= 11 is 0. The molecule has 2 amide bonds. The fraction of sp³-hybridized carbons (Fsp3) is 0.368. The highest BCUT2D eigenvalue weighted by atomic mass is 16.2. The fourth-order valence-corrected chi connectivity index (χ4v) is 2.29. The third-order valence-corrected chi connectivity index (χ3v) is 4.35. The summed E-state index contributed by atoms with van der Waals surface area (Å²) in [5, 5.41) is 17.6. The Hall–Kier alpha value is -3.14. The Morgan fingerprint density at radius 1 is 1.15 bits per heavy atom. The Balaban J connectivity index is 1.93. The number of benzene rings is 1. The Morgan fingerprint density at radius 3 is 2.42 bits per heavy atom. The van der Waals surface area contributed by atoms with Crippen LogP contribution < -0.4 is 10.6 Å². The van der Waals surface area contributed by atoms with Gasteiger partial charge in [0.25, 0.3) is 0 Å². The second-order valence-corrected chi connectivity index (χ2v) is 6.60. The van der Waals surface area contributed by atoms with Crippen LogP contribution in [0.3, 0.4) is 0 Å². The zero-order valence-electron chi connectivity index (χ0n) is 15.2. The highest BCUT2D eigenvalue weighted by Gasteiger charge is 2.19. The minimum Gasteiger partial charge on any atom is -0.318 e. The molecular weight excluding hydrogens is 330 g/mol. The molecule has 0 bridgehead atoms. The van der Waals surface area contributed by atoms with Gasteiger partial charge in [-0.3, -0.25) is 14.3 Å². The second kappa shape index (κ2) is 8.30. The monoisotopic (exact) mass is 353 g/mol. The SMILES string of the molecule is CCC(C)(C)c1ccc(NC(=O)C(=O)Nc2ccn(CCC#N)n2)cc1. The van der Waals surface area contributed by atoms with Crippen molar-refractivity contribution in [3.8, 4) is 6.07 Å². The standard InChI is InChI=1S/C19H23N5O2/c1-4-19(2,3)14-6-8-15(9-7-14)21-17(25)18(26)22-16-10-13-24(23-16)12-5-11-20/h6-10,13H,4-5,12H2,1-3H3,(H,21,25)(H,22,23,26). The number of carbonyl (C=O) groups is 2. The predicted octanol–water partition coefficient (Wildman–Crippen LogP) is 3.06. The zero-order chi connectivity index (χ0) is 19.2. The molecule has 0 saturated heterocycles. The van der Waals surface area contributed by atoms with E-state index in [-0.39, 0.29) is 11.2 Å². The highest BCUT2D eigenvalue weighted by molar-refractivity contribution is 6.43.